The minimum Gasteiger partial charge on any atom is -0.364 e. The standard InChI is InChI=1S/C9H11ClO2/c1-9(2)6-4-3-5(12-6)7(10)8(9)11/h3-7H,1-2H3/t5-,6+,7+/m1/s1. The molecule has 0 amide bonds. The van der Waals surface area contributed by atoms with Gasteiger partial charge in [0.15, 0.2) is 5.78 Å². The summed E-state index contributed by atoms with van der Waals surface area (Å²) >= 11 is 5.92. The molecule has 0 spiro atoms. The van der Waals surface area contributed by atoms with Crippen LogP contribution in [0.3, 0.4) is 0 Å². The highest BCUT2D eigenvalue weighted by atomic mass is 35.5. The second-order valence-electron chi connectivity index (χ2n) is 3.89. The van der Waals surface area contributed by atoms with Gasteiger partial charge in [0.25, 0.3) is 0 Å². The number of hydrogen-bond donors (Lipinski definition) is 0. The molecule has 1 saturated heterocycles. The maximum atomic E-state index is 11.7. The summed E-state index contributed by atoms with van der Waals surface area (Å²) in [4.78, 5) is 11.7. The predicted molar refractivity (Wildman–Crippen MR) is 46.2 cm³/mol. The molecule has 1 fully saturated rings. The van der Waals surface area contributed by atoms with E-state index in [0.717, 1.165) is 0 Å². The van der Waals surface area contributed by atoms with Crippen LogP contribution in [0, 0.1) is 5.41 Å². The summed E-state index contributed by atoms with van der Waals surface area (Å²) in [6, 6.07) is 0. The van der Waals surface area contributed by atoms with Crippen molar-refractivity contribution in [2.24, 2.45) is 5.41 Å². The van der Waals surface area contributed by atoms with Gasteiger partial charge in [-0.15, -0.1) is 11.6 Å². The summed E-state index contributed by atoms with van der Waals surface area (Å²) in [6.07, 6.45) is 3.54. The summed E-state index contributed by atoms with van der Waals surface area (Å²) in [6.45, 7) is 3.75. The van der Waals surface area contributed by atoms with E-state index in [2.05, 4.69) is 0 Å². The predicted octanol–water partition coefficient (Wildman–Crippen LogP) is 1.53. The number of ether oxygens (including phenoxy) is 1. The number of carbonyl (C=O) groups is 1. The third kappa shape index (κ3) is 0.882. The van der Waals surface area contributed by atoms with E-state index in [1.165, 1.54) is 0 Å². The van der Waals surface area contributed by atoms with Crippen LogP contribution in [-0.4, -0.2) is 23.4 Å². The fraction of sp³-hybridized carbons (Fsp3) is 0.667. The molecule has 2 heterocycles. The zero-order chi connectivity index (χ0) is 8.93. The van der Waals surface area contributed by atoms with Crippen molar-refractivity contribution in [1.82, 2.24) is 0 Å². The monoisotopic (exact) mass is 186 g/mol. The minimum atomic E-state index is -0.505. The van der Waals surface area contributed by atoms with E-state index in [1.807, 2.05) is 26.0 Å². The number of hydrogen-bond acceptors (Lipinski definition) is 2. The van der Waals surface area contributed by atoms with Gasteiger partial charge in [-0.1, -0.05) is 26.0 Å². The lowest BCUT2D eigenvalue weighted by atomic mass is 9.79. The van der Waals surface area contributed by atoms with E-state index < -0.39 is 10.8 Å². The van der Waals surface area contributed by atoms with Crippen LogP contribution in [0.2, 0.25) is 0 Å². The summed E-state index contributed by atoms with van der Waals surface area (Å²) in [5.41, 5.74) is -0.462. The van der Waals surface area contributed by atoms with Gasteiger partial charge in [0.05, 0.1) is 17.6 Å². The molecule has 2 aliphatic heterocycles. The molecular formula is C9H11ClO2. The average molecular weight is 187 g/mol. The first-order valence-corrected chi connectivity index (χ1v) is 4.49. The summed E-state index contributed by atoms with van der Waals surface area (Å²) < 4.78 is 5.53. The average Bonchev–Trinajstić information content (AvgIpc) is 2.46. The van der Waals surface area contributed by atoms with Crippen molar-refractivity contribution in [3.8, 4) is 0 Å². The fourth-order valence-corrected chi connectivity index (χ4v) is 2.12. The molecular weight excluding hydrogens is 176 g/mol. The third-order valence-electron chi connectivity index (χ3n) is 2.66. The number of Topliss-reactive ketones (excluding diaryl/α,β-unsaturated/α-hetero) is 1. The molecule has 0 N–H and O–H groups in total. The highest BCUT2D eigenvalue weighted by Crippen LogP contribution is 2.39. The van der Waals surface area contributed by atoms with Crippen LogP contribution in [0.15, 0.2) is 12.2 Å². The molecule has 3 atom stereocenters. The van der Waals surface area contributed by atoms with E-state index in [4.69, 9.17) is 16.3 Å². The normalized spacial score (nSPS) is 43.6. The molecule has 2 nitrogen and oxygen atoms in total. The van der Waals surface area contributed by atoms with E-state index in [1.54, 1.807) is 0 Å². The molecule has 0 aromatic carbocycles. The van der Waals surface area contributed by atoms with Crippen molar-refractivity contribution in [2.75, 3.05) is 0 Å². The van der Waals surface area contributed by atoms with Crippen LogP contribution in [0.5, 0.6) is 0 Å². The maximum Gasteiger partial charge on any atom is 0.162 e. The molecule has 66 valence electrons. The van der Waals surface area contributed by atoms with Crippen LogP contribution in [0.4, 0.5) is 0 Å². The molecule has 0 aromatic rings. The van der Waals surface area contributed by atoms with E-state index in [-0.39, 0.29) is 18.0 Å². The smallest absolute Gasteiger partial charge is 0.162 e. The highest BCUT2D eigenvalue weighted by molar-refractivity contribution is 6.32. The molecule has 2 rings (SSSR count). The number of rotatable bonds is 0. The highest BCUT2D eigenvalue weighted by Gasteiger charge is 2.50. The van der Waals surface area contributed by atoms with Gasteiger partial charge in [-0.2, -0.15) is 0 Å². The van der Waals surface area contributed by atoms with E-state index >= 15 is 0 Å². The van der Waals surface area contributed by atoms with Crippen LogP contribution < -0.4 is 0 Å². The van der Waals surface area contributed by atoms with Crippen LogP contribution in [0.25, 0.3) is 0 Å². The molecule has 0 aliphatic carbocycles. The Bertz CT molecular complexity index is 257. The van der Waals surface area contributed by atoms with Gasteiger partial charge >= 0.3 is 0 Å². The quantitative estimate of drug-likeness (QED) is 0.424. The zero-order valence-electron chi connectivity index (χ0n) is 7.08. The van der Waals surface area contributed by atoms with Gasteiger partial charge < -0.3 is 4.74 Å². The first-order chi connectivity index (χ1) is 5.53. The van der Waals surface area contributed by atoms with E-state index in [9.17, 15) is 4.79 Å². The van der Waals surface area contributed by atoms with Crippen LogP contribution in [-0.2, 0) is 9.53 Å². The second kappa shape index (κ2) is 2.33. The molecule has 0 aromatic heterocycles. The summed E-state index contributed by atoms with van der Waals surface area (Å²) in [5, 5.41) is -0.505. The Morgan fingerprint density at radius 1 is 1.50 bits per heavy atom. The number of ketones is 1. The van der Waals surface area contributed by atoms with Gasteiger partial charge in [0.1, 0.15) is 5.38 Å². The van der Waals surface area contributed by atoms with Gasteiger partial charge in [-0.05, 0) is 0 Å². The minimum absolute atomic E-state index is 0.0787. The van der Waals surface area contributed by atoms with Crippen LogP contribution >= 0.6 is 11.6 Å². The Balaban J connectivity index is 2.38. The lowest BCUT2D eigenvalue weighted by Gasteiger charge is -2.37. The summed E-state index contributed by atoms with van der Waals surface area (Å²) in [7, 11) is 0. The topological polar surface area (TPSA) is 26.3 Å². The lowest BCUT2D eigenvalue weighted by molar-refractivity contribution is -0.144. The largest absolute Gasteiger partial charge is 0.364 e. The SMILES string of the molecule is CC1(C)C(=O)[C@@H](Cl)[C@H]2C=C[C@@H]1O2. The molecule has 2 bridgehead atoms. The summed E-state index contributed by atoms with van der Waals surface area (Å²) in [5.74, 6) is 0.0930. The first-order valence-electron chi connectivity index (χ1n) is 4.05. The van der Waals surface area contributed by atoms with Crippen molar-refractivity contribution in [2.45, 2.75) is 31.4 Å². The molecule has 3 heteroatoms. The molecule has 0 unspecified atom stereocenters. The van der Waals surface area contributed by atoms with Crippen molar-refractivity contribution in [1.29, 1.82) is 0 Å². The molecule has 2 aliphatic rings. The van der Waals surface area contributed by atoms with Gasteiger partial charge in [0, 0.05) is 0 Å². The molecule has 12 heavy (non-hydrogen) atoms. The lowest BCUT2D eigenvalue weighted by Crippen LogP contribution is -2.50. The molecule has 0 saturated carbocycles. The fourth-order valence-electron chi connectivity index (χ4n) is 1.69. The maximum absolute atomic E-state index is 11.7. The van der Waals surface area contributed by atoms with Crippen molar-refractivity contribution >= 4 is 17.4 Å². The van der Waals surface area contributed by atoms with Gasteiger partial charge in [-0.3, -0.25) is 4.79 Å². The van der Waals surface area contributed by atoms with Crippen molar-refractivity contribution in [3.05, 3.63) is 12.2 Å². The number of carbonyl (C=O) groups excluding carboxylic acids is 1. The Hall–Kier alpha value is -0.340. The Morgan fingerprint density at radius 2 is 2.17 bits per heavy atom. The van der Waals surface area contributed by atoms with E-state index in [0.29, 0.717) is 0 Å². The number of alkyl halides is 1. The Morgan fingerprint density at radius 3 is 2.83 bits per heavy atom. The second-order valence-corrected chi connectivity index (χ2v) is 4.36. The van der Waals surface area contributed by atoms with Crippen molar-refractivity contribution < 1.29 is 9.53 Å². The third-order valence-corrected chi connectivity index (χ3v) is 3.11. The number of halogens is 1. The number of fused-ring (bicyclic) bond motifs is 2. The molecule has 0 radical (unpaired) electrons. The van der Waals surface area contributed by atoms with Crippen LogP contribution in [0.1, 0.15) is 13.8 Å². The van der Waals surface area contributed by atoms with Gasteiger partial charge in [-0.25, -0.2) is 0 Å². The van der Waals surface area contributed by atoms with Crippen molar-refractivity contribution in [3.63, 3.8) is 0 Å². The Kier molecular flexibility index (Phi) is 1.61. The zero-order valence-corrected chi connectivity index (χ0v) is 7.84. The first kappa shape index (κ1) is 8.27. The Labute approximate surface area is 76.5 Å². The van der Waals surface area contributed by atoms with Gasteiger partial charge in [0.2, 0.25) is 0 Å².